The van der Waals surface area contributed by atoms with E-state index in [-0.39, 0.29) is 31.1 Å². The van der Waals surface area contributed by atoms with E-state index in [1.807, 2.05) is 0 Å². The Hall–Kier alpha value is -3.15. The molecule has 0 aliphatic rings. The molecule has 0 fully saturated rings. The lowest BCUT2D eigenvalue weighted by atomic mass is 10.0. The summed E-state index contributed by atoms with van der Waals surface area (Å²) in [5.41, 5.74) is 0. The van der Waals surface area contributed by atoms with Crippen LogP contribution < -0.4 is 0 Å². The fourth-order valence-corrected chi connectivity index (χ4v) is 10.1. The molecule has 0 aromatic carbocycles. The van der Waals surface area contributed by atoms with Gasteiger partial charge in [-0.3, -0.25) is 14.4 Å². The molecule has 0 aromatic rings. The Morgan fingerprint density at radius 1 is 0.266 bits per heavy atom. The van der Waals surface area contributed by atoms with E-state index >= 15 is 0 Å². The quantitative estimate of drug-likeness (QED) is 0.0261. The van der Waals surface area contributed by atoms with Crippen molar-refractivity contribution in [3.63, 3.8) is 0 Å². The van der Waals surface area contributed by atoms with Crippen LogP contribution in [0.5, 0.6) is 0 Å². The molecule has 0 aliphatic carbocycles. The lowest BCUT2D eigenvalue weighted by molar-refractivity contribution is -0.167. The van der Waals surface area contributed by atoms with Crippen molar-refractivity contribution in [2.24, 2.45) is 0 Å². The van der Waals surface area contributed by atoms with Crippen LogP contribution in [-0.4, -0.2) is 37.2 Å². The highest BCUT2D eigenvalue weighted by Crippen LogP contribution is 2.18. The largest absolute Gasteiger partial charge is 0.462 e. The average molecular weight is 1100 g/mol. The standard InChI is InChI=1S/C73H130O6/c1-4-7-10-13-16-18-20-22-24-26-28-29-30-31-32-33-34-35-36-37-38-39-40-41-42-43-45-46-48-50-52-54-57-60-63-66-72(75)78-69-70(68-77-71(74)65-62-59-56-15-12-9-6-3)79-73(76)67-64-61-58-55-53-51-49-47-44-27-25-23-21-19-17-14-11-8-5-2/h7,10,16,18,22-25,28-29,31-32,70H,4-6,8-9,11-15,17,19-21,26-27,30,33-69H2,1-3H3/b10-7-,18-16-,24-22-,25-23-,29-28-,32-31-. The third-order valence-electron chi connectivity index (χ3n) is 15.2. The van der Waals surface area contributed by atoms with Gasteiger partial charge in [0, 0.05) is 19.3 Å². The Morgan fingerprint density at radius 2 is 0.494 bits per heavy atom. The predicted octanol–water partition coefficient (Wildman–Crippen LogP) is 23.7. The minimum atomic E-state index is -0.771. The van der Waals surface area contributed by atoms with Crippen molar-refractivity contribution in [3.8, 4) is 0 Å². The van der Waals surface area contributed by atoms with Gasteiger partial charge in [-0.15, -0.1) is 0 Å². The molecule has 0 heterocycles. The van der Waals surface area contributed by atoms with Gasteiger partial charge >= 0.3 is 17.9 Å². The molecular formula is C73H130O6. The zero-order valence-corrected chi connectivity index (χ0v) is 52.6. The summed E-state index contributed by atoms with van der Waals surface area (Å²) < 4.78 is 16.9. The first-order valence-electron chi connectivity index (χ1n) is 34.4. The summed E-state index contributed by atoms with van der Waals surface area (Å²) in [5.74, 6) is -0.860. The van der Waals surface area contributed by atoms with Crippen LogP contribution in [0, 0.1) is 0 Å². The molecule has 0 aromatic heterocycles. The van der Waals surface area contributed by atoms with E-state index in [1.54, 1.807) is 0 Å². The van der Waals surface area contributed by atoms with E-state index in [9.17, 15) is 14.4 Å². The number of ether oxygens (including phenoxy) is 3. The lowest BCUT2D eigenvalue weighted by Crippen LogP contribution is -2.30. The van der Waals surface area contributed by atoms with Gasteiger partial charge in [0.25, 0.3) is 0 Å². The number of allylic oxidation sites excluding steroid dienone is 12. The first-order chi connectivity index (χ1) is 39.0. The van der Waals surface area contributed by atoms with Gasteiger partial charge in [0.2, 0.25) is 0 Å². The van der Waals surface area contributed by atoms with Gasteiger partial charge < -0.3 is 14.2 Å². The smallest absolute Gasteiger partial charge is 0.306 e. The summed E-state index contributed by atoms with van der Waals surface area (Å²) in [7, 11) is 0. The second-order valence-corrected chi connectivity index (χ2v) is 23.1. The summed E-state index contributed by atoms with van der Waals surface area (Å²) in [6.45, 7) is 6.52. The van der Waals surface area contributed by atoms with Crippen LogP contribution in [-0.2, 0) is 28.6 Å². The SMILES string of the molecule is CC/C=C\C/C=C\C/C=C\C/C=C\C/C=C\CCCCCCCCCCCCCCCCCCCCCC(=O)OCC(COC(=O)CCCCCCCCC)OC(=O)CCCCCCCCCCC/C=C\CCCCCCCC. The van der Waals surface area contributed by atoms with Crippen LogP contribution in [0.25, 0.3) is 0 Å². The van der Waals surface area contributed by atoms with Crippen molar-refractivity contribution in [2.45, 2.75) is 361 Å². The van der Waals surface area contributed by atoms with Gasteiger partial charge in [-0.2, -0.15) is 0 Å². The Morgan fingerprint density at radius 3 is 0.785 bits per heavy atom. The molecule has 0 aliphatic heterocycles. The lowest BCUT2D eigenvalue weighted by Gasteiger charge is -2.18. The van der Waals surface area contributed by atoms with Crippen molar-refractivity contribution < 1.29 is 28.6 Å². The second-order valence-electron chi connectivity index (χ2n) is 23.1. The second kappa shape index (κ2) is 67.4. The maximum atomic E-state index is 12.9. The first kappa shape index (κ1) is 75.8. The van der Waals surface area contributed by atoms with Crippen molar-refractivity contribution in [1.82, 2.24) is 0 Å². The molecule has 6 nitrogen and oxygen atoms in total. The summed E-state index contributed by atoms with van der Waals surface area (Å²) in [6, 6.07) is 0. The summed E-state index contributed by atoms with van der Waals surface area (Å²) in [6.07, 6.45) is 88.2. The maximum absolute atomic E-state index is 12.9. The predicted molar refractivity (Wildman–Crippen MR) is 344 cm³/mol. The number of rotatable bonds is 63. The van der Waals surface area contributed by atoms with Gasteiger partial charge in [0.1, 0.15) is 13.2 Å². The average Bonchev–Trinajstić information content (AvgIpc) is 3.45. The molecular weight excluding hydrogens is 973 g/mol. The van der Waals surface area contributed by atoms with Crippen LogP contribution in [0.2, 0.25) is 0 Å². The highest BCUT2D eigenvalue weighted by atomic mass is 16.6. The van der Waals surface area contributed by atoms with E-state index < -0.39 is 6.10 Å². The van der Waals surface area contributed by atoms with Crippen LogP contribution in [0.1, 0.15) is 355 Å². The molecule has 0 N–H and O–H groups in total. The Balaban J connectivity index is 3.98. The van der Waals surface area contributed by atoms with Crippen LogP contribution in [0.3, 0.4) is 0 Å². The van der Waals surface area contributed by atoms with Gasteiger partial charge in [-0.05, 0) is 89.9 Å². The van der Waals surface area contributed by atoms with Crippen LogP contribution >= 0.6 is 0 Å². The minimum absolute atomic E-state index is 0.0704. The molecule has 0 radical (unpaired) electrons. The Labute approximate surface area is 491 Å². The molecule has 0 spiro atoms. The van der Waals surface area contributed by atoms with Gasteiger partial charge in [0.15, 0.2) is 6.10 Å². The van der Waals surface area contributed by atoms with Gasteiger partial charge in [0.05, 0.1) is 0 Å². The maximum Gasteiger partial charge on any atom is 0.306 e. The van der Waals surface area contributed by atoms with Crippen molar-refractivity contribution in [3.05, 3.63) is 72.9 Å². The Bertz CT molecular complexity index is 1450. The molecule has 0 bridgehead atoms. The molecule has 0 rings (SSSR count). The Kier molecular flexibility index (Phi) is 64.7. The molecule has 458 valence electrons. The van der Waals surface area contributed by atoms with E-state index in [0.29, 0.717) is 19.3 Å². The topological polar surface area (TPSA) is 78.9 Å². The van der Waals surface area contributed by atoms with Crippen molar-refractivity contribution in [1.29, 1.82) is 0 Å². The molecule has 0 saturated heterocycles. The zero-order chi connectivity index (χ0) is 57.1. The van der Waals surface area contributed by atoms with Gasteiger partial charge in [-0.1, -0.05) is 318 Å². The number of esters is 3. The number of carbonyl (C=O) groups is 3. The molecule has 6 heteroatoms. The fraction of sp³-hybridized carbons (Fsp3) is 0.795. The summed E-state index contributed by atoms with van der Waals surface area (Å²) in [4.78, 5) is 38.1. The number of hydrogen-bond acceptors (Lipinski definition) is 6. The fourth-order valence-electron chi connectivity index (χ4n) is 10.1. The summed E-state index contributed by atoms with van der Waals surface area (Å²) >= 11 is 0. The third kappa shape index (κ3) is 65.5. The normalized spacial score (nSPS) is 12.5. The third-order valence-corrected chi connectivity index (χ3v) is 15.2. The van der Waals surface area contributed by atoms with E-state index in [1.165, 1.54) is 225 Å². The van der Waals surface area contributed by atoms with E-state index in [0.717, 1.165) is 89.9 Å². The van der Waals surface area contributed by atoms with E-state index in [2.05, 4.69) is 93.7 Å². The van der Waals surface area contributed by atoms with Gasteiger partial charge in [-0.25, -0.2) is 0 Å². The molecule has 1 atom stereocenters. The van der Waals surface area contributed by atoms with E-state index in [4.69, 9.17) is 14.2 Å². The highest BCUT2D eigenvalue weighted by molar-refractivity contribution is 5.71. The molecule has 79 heavy (non-hydrogen) atoms. The highest BCUT2D eigenvalue weighted by Gasteiger charge is 2.19. The summed E-state index contributed by atoms with van der Waals surface area (Å²) in [5, 5.41) is 0. The number of unbranched alkanes of at least 4 members (excludes halogenated alkanes) is 40. The zero-order valence-electron chi connectivity index (χ0n) is 52.6. The molecule has 0 amide bonds. The van der Waals surface area contributed by atoms with Crippen LogP contribution in [0.15, 0.2) is 72.9 Å². The van der Waals surface area contributed by atoms with Crippen LogP contribution in [0.4, 0.5) is 0 Å². The minimum Gasteiger partial charge on any atom is -0.462 e. The van der Waals surface area contributed by atoms with Crippen molar-refractivity contribution >= 4 is 17.9 Å². The molecule has 0 saturated carbocycles. The number of carbonyl (C=O) groups excluding carboxylic acids is 3. The monoisotopic (exact) mass is 1100 g/mol. The first-order valence-corrected chi connectivity index (χ1v) is 34.4. The number of hydrogen-bond donors (Lipinski definition) is 0. The van der Waals surface area contributed by atoms with Crippen molar-refractivity contribution in [2.75, 3.05) is 13.2 Å². The molecule has 1 unspecified atom stereocenters.